The van der Waals surface area contributed by atoms with Gasteiger partial charge in [-0.05, 0) is 29.8 Å². The first-order chi connectivity index (χ1) is 14.1. The van der Waals surface area contributed by atoms with Gasteiger partial charge in [-0.1, -0.05) is 41.9 Å². The van der Waals surface area contributed by atoms with Gasteiger partial charge in [0.1, 0.15) is 11.7 Å². The Morgan fingerprint density at radius 2 is 1.97 bits per heavy atom. The van der Waals surface area contributed by atoms with Gasteiger partial charge >= 0.3 is 0 Å². The summed E-state index contributed by atoms with van der Waals surface area (Å²) in [6, 6.07) is 15.8. The first kappa shape index (κ1) is 19.2. The van der Waals surface area contributed by atoms with Gasteiger partial charge in [0.05, 0.1) is 0 Å². The molecule has 0 bridgehead atoms. The number of carbonyl (C=O) groups is 2. The second kappa shape index (κ2) is 8.46. The lowest BCUT2D eigenvalue weighted by Crippen LogP contribution is -2.45. The topological polar surface area (TPSA) is 86.9 Å². The highest BCUT2D eigenvalue weighted by molar-refractivity contribution is 7.13. The molecule has 1 atom stereocenters. The molecule has 0 unspecified atom stereocenters. The largest absolute Gasteiger partial charge is 0.351 e. The number of halogens is 1. The summed E-state index contributed by atoms with van der Waals surface area (Å²) in [6.45, 7) is 0. The van der Waals surface area contributed by atoms with Crippen LogP contribution in [-0.2, 0) is 11.2 Å². The zero-order chi connectivity index (χ0) is 20.2. The summed E-state index contributed by atoms with van der Waals surface area (Å²) in [5.74, 6) is -0.691. The molecule has 2 heterocycles. The molecule has 146 valence electrons. The number of aromatic amines is 1. The Bertz CT molecular complexity index is 1140. The summed E-state index contributed by atoms with van der Waals surface area (Å²) < 4.78 is 0. The number of anilines is 1. The number of nitrogens with zero attached hydrogens (tertiary/aromatic N) is 1. The maximum atomic E-state index is 12.8. The van der Waals surface area contributed by atoms with Crippen LogP contribution in [0.15, 0.2) is 66.2 Å². The predicted molar refractivity (Wildman–Crippen MR) is 115 cm³/mol. The summed E-state index contributed by atoms with van der Waals surface area (Å²) in [7, 11) is 0. The molecular weight excluding hydrogens is 408 g/mol. The number of benzene rings is 2. The fraction of sp³-hybridized carbons (Fsp3) is 0.0952. The monoisotopic (exact) mass is 424 g/mol. The van der Waals surface area contributed by atoms with Crippen molar-refractivity contribution in [3.05, 3.63) is 82.5 Å². The number of fused-ring (bicyclic) bond motifs is 1. The van der Waals surface area contributed by atoms with Crippen LogP contribution in [0.2, 0.25) is 5.02 Å². The van der Waals surface area contributed by atoms with E-state index >= 15 is 0 Å². The second-order valence-corrected chi connectivity index (χ2v) is 7.79. The van der Waals surface area contributed by atoms with Gasteiger partial charge in [-0.2, -0.15) is 0 Å². The molecule has 2 aromatic carbocycles. The van der Waals surface area contributed by atoms with E-state index in [-0.39, 0.29) is 11.8 Å². The lowest BCUT2D eigenvalue weighted by Gasteiger charge is -2.17. The van der Waals surface area contributed by atoms with Crippen molar-refractivity contribution in [2.75, 3.05) is 5.32 Å². The first-order valence-electron chi connectivity index (χ1n) is 8.92. The Balaban J connectivity index is 1.55. The zero-order valence-corrected chi connectivity index (χ0v) is 16.8. The number of hydrogen-bond donors (Lipinski definition) is 3. The molecular formula is C21H17ClN4O2S. The lowest BCUT2D eigenvalue weighted by atomic mass is 10.1. The standard InChI is InChI=1S/C21H17ClN4O2S/c22-15-6-7-16-14(11-15)12-18(24-16)19(27)25-17(10-13-4-2-1-3-5-13)20(28)26-21-23-8-9-29-21/h1-9,11-12,17,24H,10H2,(H,25,27)(H,23,26,28)/t17-/m0/s1. The summed E-state index contributed by atoms with van der Waals surface area (Å²) in [6.07, 6.45) is 1.97. The van der Waals surface area contributed by atoms with Gasteiger partial charge in [-0.25, -0.2) is 4.98 Å². The van der Waals surface area contributed by atoms with E-state index in [0.29, 0.717) is 22.3 Å². The van der Waals surface area contributed by atoms with Crippen LogP contribution in [0.1, 0.15) is 16.1 Å². The van der Waals surface area contributed by atoms with Crippen LogP contribution < -0.4 is 10.6 Å². The Morgan fingerprint density at radius 3 is 2.72 bits per heavy atom. The molecule has 8 heteroatoms. The fourth-order valence-corrected chi connectivity index (χ4v) is 3.71. The maximum absolute atomic E-state index is 12.8. The molecule has 2 amide bonds. The quantitative estimate of drug-likeness (QED) is 0.432. The van der Waals surface area contributed by atoms with Crippen molar-refractivity contribution in [2.24, 2.45) is 0 Å². The van der Waals surface area contributed by atoms with E-state index in [1.807, 2.05) is 36.4 Å². The number of aromatic nitrogens is 2. The molecule has 29 heavy (non-hydrogen) atoms. The molecule has 2 aromatic heterocycles. The minimum absolute atomic E-state index is 0.323. The van der Waals surface area contributed by atoms with Gasteiger partial charge in [-0.15, -0.1) is 11.3 Å². The fourth-order valence-electron chi connectivity index (χ4n) is 3.00. The minimum atomic E-state index is -0.760. The van der Waals surface area contributed by atoms with E-state index < -0.39 is 6.04 Å². The molecule has 3 N–H and O–H groups in total. The molecule has 0 aliphatic heterocycles. The van der Waals surface area contributed by atoms with E-state index in [0.717, 1.165) is 16.5 Å². The lowest BCUT2D eigenvalue weighted by molar-refractivity contribution is -0.118. The Kier molecular flexibility index (Phi) is 5.59. The van der Waals surface area contributed by atoms with Crippen molar-refractivity contribution in [3.8, 4) is 0 Å². The van der Waals surface area contributed by atoms with Crippen LogP contribution in [-0.4, -0.2) is 27.8 Å². The van der Waals surface area contributed by atoms with E-state index in [2.05, 4.69) is 20.6 Å². The number of rotatable bonds is 6. The molecule has 0 aliphatic carbocycles. The Labute approximate surface area is 175 Å². The van der Waals surface area contributed by atoms with Crippen molar-refractivity contribution in [2.45, 2.75) is 12.5 Å². The van der Waals surface area contributed by atoms with E-state index in [4.69, 9.17) is 11.6 Å². The number of amides is 2. The molecule has 0 saturated heterocycles. The summed E-state index contributed by atoms with van der Waals surface area (Å²) in [5.41, 5.74) is 2.10. The van der Waals surface area contributed by atoms with E-state index in [1.165, 1.54) is 11.3 Å². The molecule has 4 rings (SSSR count). The summed E-state index contributed by atoms with van der Waals surface area (Å²) in [5, 5.41) is 9.27. The van der Waals surface area contributed by atoms with Gasteiger partial charge in [-0.3, -0.25) is 9.59 Å². The van der Waals surface area contributed by atoms with Crippen LogP contribution in [0, 0.1) is 0 Å². The molecule has 0 aliphatic rings. The van der Waals surface area contributed by atoms with Crippen molar-refractivity contribution in [3.63, 3.8) is 0 Å². The highest BCUT2D eigenvalue weighted by Crippen LogP contribution is 2.20. The van der Waals surface area contributed by atoms with Crippen molar-refractivity contribution < 1.29 is 9.59 Å². The highest BCUT2D eigenvalue weighted by atomic mass is 35.5. The first-order valence-corrected chi connectivity index (χ1v) is 10.2. The van der Waals surface area contributed by atoms with E-state index in [9.17, 15) is 9.59 Å². The third-order valence-corrected chi connectivity index (χ3v) is 5.32. The van der Waals surface area contributed by atoms with Crippen LogP contribution in [0.25, 0.3) is 10.9 Å². The average Bonchev–Trinajstić information content (AvgIpc) is 3.37. The minimum Gasteiger partial charge on any atom is -0.351 e. The van der Waals surface area contributed by atoms with Crippen molar-refractivity contribution in [1.82, 2.24) is 15.3 Å². The van der Waals surface area contributed by atoms with Crippen LogP contribution in [0.4, 0.5) is 5.13 Å². The molecule has 0 fully saturated rings. The zero-order valence-electron chi connectivity index (χ0n) is 15.2. The smallest absolute Gasteiger partial charge is 0.268 e. The van der Waals surface area contributed by atoms with E-state index in [1.54, 1.807) is 29.8 Å². The van der Waals surface area contributed by atoms with Crippen LogP contribution >= 0.6 is 22.9 Å². The molecule has 0 saturated carbocycles. The van der Waals surface area contributed by atoms with Crippen molar-refractivity contribution >= 4 is 50.8 Å². The number of nitrogens with one attached hydrogen (secondary N) is 3. The number of hydrogen-bond acceptors (Lipinski definition) is 4. The summed E-state index contributed by atoms with van der Waals surface area (Å²) >= 11 is 7.34. The van der Waals surface area contributed by atoms with Crippen LogP contribution in [0.3, 0.4) is 0 Å². The average molecular weight is 425 g/mol. The van der Waals surface area contributed by atoms with Gasteiger partial charge < -0.3 is 15.6 Å². The molecule has 0 radical (unpaired) electrons. The Morgan fingerprint density at radius 1 is 1.14 bits per heavy atom. The molecule has 0 spiro atoms. The highest BCUT2D eigenvalue weighted by Gasteiger charge is 2.23. The third kappa shape index (κ3) is 4.64. The van der Waals surface area contributed by atoms with Gasteiger partial charge in [0.2, 0.25) is 5.91 Å². The SMILES string of the molecule is O=C(N[C@@H](Cc1ccccc1)C(=O)Nc1nccs1)c1cc2cc(Cl)ccc2[nH]1. The van der Waals surface area contributed by atoms with Gasteiger partial charge in [0.15, 0.2) is 5.13 Å². The number of carbonyl (C=O) groups excluding carboxylic acids is 2. The normalized spacial score (nSPS) is 11.9. The Hall–Kier alpha value is -3.16. The third-order valence-electron chi connectivity index (χ3n) is 4.39. The second-order valence-electron chi connectivity index (χ2n) is 6.46. The number of H-pyrrole nitrogens is 1. The van der Waals surface area contributed by atoms with Crippen molar-refractivity contribution in [1.29, 1.82) is 0 Å². The summed E-state index contributed by atoms with van der Waals surface area (Å²) in [4.78, 5) is 32.8. The maximum Gasteiger partial charge on any atom is 0.268 e. The van der Waals surface area contributed by atoms with Gasteiger partial charge in [0, 0.05) is 33.9 Å². The predicted octanol–water partition coefficient (Wildman–Crippen LogP) is 4.26. The molecule has 6 nitrogen and oxygen atoms in total. The van der Waals surface area contributed by atoms with Crippen LogP contribution in [0.5, 0.6) is 0 Å². The number of thiazole rings is 1. The van der Waals surface area contributed by atoms with Gasteiger partial charge in [0.25, 0.3) is 5.91 Å². The molecule has 4 aromatic rings.